The van der Waals surface area contributed by atoms with Crippen molar-refractivity contribution in [1.82, 2.24) is 9.78 Å². The number of hydrogen-bond donors (Lipinski definition) is 1. The summed E-state index contributed by atoms with van der Waals surface area (Å²) in [5, 5.41) is 8.00. The number of hydrogen-bond acceptors (Lipinski definition) is 4. The molecule has 0 amide bonds. The number of anilines is 1. The molecule has 1 unspecified atom stereocenters. The lowest BCUT2D eigenvalue weighted by Crippen LogP contribution is -2.41. The van der Waals surface area contributed by atoms with E-state index in [1.807, 2.05) is 55.8 Å². The fourth-order valence-corrected chi connectivity index (χ4v) is 2.95. The second kappa shape index (κ2) is 7.51. The fraction of sp³-hybridized carbons (Fsp3) is 0.474. The van der Waals surface area contributed by atoms with E-state index in [9.17, 15) is 4.79 Å². The van der Waals surface area contributed by atoms with Gasteiger partial charge < -0.3 is 10.1 Å². The predicted octanol–water partition coefficient (Wildman–Crippen LogP) is 3.98. The molecule has 24 heavy (non-hydrogen) atoms. The average molecular weight is 329 g/mol. The molecule has 0 aromatic carbocycles. The van der Waals surface area contributed by atoms with E-state index in [-0.39, 0.29) is 17.6 Å². The Morgan fingerprint density at radius 2 is 2.08 bits per heavy atom. The molecule has 1 atom stereocenters. The maximum atomic E-state index is 12.3. The quantitative estimate of drug-likeness (QED) is 0.656. The highest BCUT2D eigenvalue weighted by molar-refractivity contribution is 5.96. The molecule has 5 nitrogen and oxygen atoms in total. The predicted molar refractivity (Wildman–Crippen MR) is 97.4 cm³/mol. The summed E-state index contributed by atoms with van der Waals surface area (Å²) in [6.07, 6.45) is 13.0. The van der Waals surface area contributed by atoms with Crippen LogP contribution in [0.3, 0.4) is 0 Å². The lowest BCUT2D eigenvalue weighted by atomic mass is 9.92. The van der Waals surface area contributed by atoms with E-state index in [1.54, 1.807) is 0 Å². The molecule has 0 spiro atoms. The Bertz CT molecular complexity index is 681. The minimum atomic E-state index is -0.322. The van der Waals surface area contributed by atoms with Gasteiger partial charge in [-0.25, -0.2) is 9.48 Å². The molecule has 1 aliphatic rings. The Kier molecular flexibility index (Phi) is 5.65. The van der Waals surface area contributed by atoms with Crippen molar-refractivity contribution in [2.45, 2.75) is 52.6 Å². The number of fused-ring (bicyclic) bond motifs is 1. The van der Waals surface area contributed by atoms with E-state index in [2.05, 4.69) is 30.3 Å². The summed E-state index contributed by atoms with van der Waals surface area (Å²) in [5.74, 6) is 0.423. The Balaban J connectivity index is 2.31. The Morgan fingerprint density at radius 3 is 2.75 bits per heavy atom. The van der Waals surface area contributed by atoms with Crippen molar-refractivity contribution in [1.29, 1.82) is 0 Å². The molecule has 0 fully saturated rings. The van der Waals surface area contributed by atoms with E-state index in [0.717, 1.165) is 12.2 Å². The fourth-order valence-electron chi connectivity index (χ4n) is 2.95. The van der Waals surface area contributed by atoms with Gasteiger partial charge in [0.25, 0.3) is 0 Å². The van der Waals surface area contributed by atoms with Crippen molar-refractivity contribution < 1.29 is 9.53 Å². The first-order valence-corrected chi connectivity index (χ1v) is 8.40. The number of aromatic nitrogens is 2. The van der Waals surface area contributed by atoms with Crippen molar-refractivity contribution in [3.8, 4) is 0 Å². The summed E-state index contributed by atoms with van der Waals surface area (Å²) < 4.78 is 7.10. The molecule has 1 N–H and O–H groups in total. The van der Waals surface area contributed by atoms with Gasteiger partial charge in [0.15, 0.2) is 0 Å². The van der Waals surface area contributed by atoms with E-state index >= 15 is 0 Å². The molecule has 0 saturated carbocycles. The van der Waals surface area contributed by atoms with Crippen LogP contribution >= 0.6 is 0 Å². The van der Waals surface area contributed by atoms with Crippen molar-refractivity contribution >= 4 is 11.8 Å². The van der Waals surface area contributed by atoms with Crippen LogP contribution in [0.25, 0.3) is 0 Å². The van der Waals surface area contributed by atoms with Gasteiger partial charge in [-0.05, 0) is 41.0 Å². The normalized spacial score (nSPS) is 19.8. The van der Waals surface area contributed by atoms with Crippen LogP contribution in [-0.2, 0) is 10.3 Å². The van der Waals surface area contributed by atoms with Crippen LogP contribution in [0.4, 0.5) is 5.82 Å². The second-order valence-electron chi connectivity index (χ2n) is 6.50. The Labute approximate surface area is 144 Å². The summed E-state index contributed by atoms with van der Waals surface area (Å²) in [5.41, 5.74) is 1.05. The molecule has 5 heteroatoms. The van der Waals surface area contributed by atoms with E-state index in [4.69, 9.17) is 4.74 Å². The van der Waals surface area contributed by atoms with Crippen LogP contribution in [0.15, 0.2) is 36.5 Å². The van der Waals surface area contributed by atoms with Crippen LogP contribution in [-0.4, -0.2) is 28.4 Å². The second-order valence-corrected chi connectivity index (χ2v) is 6.50. The van der Waals surface area contributed by atoms with Crippen LogP contribution in [0.1, 0.15) is 50.2 Å². The van der Waals surface area contributed by atoms with Crippen molar-refractivity contribution in [3.05, 3.63) is 47.7 Å². The SMILES string of the molecule is C\C=C/C=C\C=C\C1CC(C)(C)n2nc(C)c(C(=O)OCC)c2N1. The highest BCUT2D eigenvalue weighted by atomic mass is 16.5. The standard InChI is InChI=1S/C19H27N3O2/c1-6-8-9-10-11-12-15-13-19(4,5)22-17(20-15)16(14(3)21-22)18(23)24-7-2/h6,8-12,15,20H,7,13H2,1-5H3/b8-6-,10-9-,12-11+. The molecular weight excluding hydrogens is 302 g/mol. The number of nitrogens with one attached hydrogen (secondary N) is 1. The highest BCUT2D eigenvalue weighted by Gasteiger charge is 2.36. The minimum absolute atomic E-state index is 0.132. The van der Waals surface area contributed by atoms with Gasteiger partial charge >= 0.3 is 5.97 Å². The number of carbonyl (C=O) groups is 1. The van der Waals surface area contributed by atoms with Gasteiger partial charge in [-0.15, -0.1) is 0 Å². The monoisotopic (exact) mass is 329 g/mol. The number of rotatable bonds is 5. The number of ether oxygens (including phenoxy) is 1. The lowest BCUT2D eigenvalue weighted by Gasteiger charge is -2.37. The van der Waals surface area contributed by atoms with Gasteiger partial charge in [0.05, 0.1) is 17.8 Å². The highest BCUT2D eigenvalue weighted by Crippen LogP contribution is 2.35. The average Bonchev–Trinajstić information content (AvgIpc) is 2.84. The minimum Gasteiger partial charge on any atom is -0.462 e. The first-order valence-electron chi connectivity index (χ1n) is 8.40. The maximum Gasteiger partial charge on any atom is 0.343 e. The largest absolute Gasteiger partial charge is 0.462 e. The zero-order chi connectivity index (χ0) is 17.7. The molecule has 130 valence electrons. The summed E-state index contributed by atoms with van der Waals surface area (Å²) in [7, 11) is 0. The molecule has 1 aliphatic heterocycles. The van der Waals surface area contributed by atoms with Crippen LogP contribution in [0.5, 0.6) is 0 Å². The third kappa shape index (κ3) is 3.78. The van der Waals surface area contributed by atoms with E-state index in [1.165, 1.54) is 0 Å². The maximum absolute atomic E-state index is 12.3. The van der Waals surface area contributed by atoms with Crippen molar-refractivity contribution in [3.63, 3.8) is 0 Å². The molecule has 2 heterocycles. The third-order valence-electron chi connectivity index (χ3n) is 4.02. The Morgan fingerprint density at radius 1 is 1.38 bits per heavy atom. The number of allylic oxidation sites excluding steroid dienone is 5. The molecule has 0 radical (unpaired) electrons. The van der Waals surface area contributed by atoms with Gasteiger partial charge in [-0.1, -0.05) is 36.5 Å². The molecular formula is C19H27N3O2. The summed E-state index contributed by atoms with van der Waals surface area (Å²) in [4.78, 5) is 12.3. The molecule has 1 aromatic rings. The number of aryl methyl sites for hydroxylation is 1. The molecule has 1 aromatic heterocycles. The smallest absolute Gasteiger partial charge is 0.343 e. The first kappa shape index (κ1) is 18.0. The summed E-state index contributed by atoms with van der Waals surface area (Å²) in [6.45, 7) is 10.3. The van der Waals surface area contributed by atoms with Gasteiger partial charge in [0.2, 0.25) is 0 Å². The van der Waals surface area contributed by atoms with Gasteiger partial charge in [0.1, 0.15) is 11.4 Å². The molecule has 2 rings (SSSR count). The number of esters is 1. The molecule has 0 bridgehead atoms. The van der Waals surface area contributed by atoms with Gasteiger partial charge in [-0.2, -0.15) is 5.10 Å². The summed E-state index contributed by atoms with van der Waals surface area (Å²) in [6, 6.07) is 0.132. The van der Waals surface area contributed by atoms with Gasteiger partial charge in [0, 0.05) is 6.04 Å². The molecule has 0 aliphatic carbocycles. The van der Waals surface area contributed by atoms with Crippen LogP contribution < -0.4 is 5.32 Å². The topological polar surface area (TPSA) is 56.2 Å². The number of carbonyl (C=O) groups excluding carboxylic acids is 1. The van der Waals surface area contributed by atoms with E-state index in [0.29, 0.717) is 17.9 Å². The Hall–Kier alpha value is -2.30. The summed E-state index contributed by atoms with van der Waals surface area (Å²) >= 11 is 0. The van der Waals surface area contributed by atoms with Crippen LogP contribution in [0, 0.1) is 6.92 Å². The van der Waals surface area contributed by atoms with E-state index < -0.39 is 0 Å². The number of nitrogens with zero attached hydrogens (tertiary/aromatic N) is 2. The molecule has 0 saturated heterocycles. The van der Waals surface area contributed by atoms with Crippen molar-refractivity contribution in [2.24, 2.45) is 0 Å². The van der Waals surface area contributed by atoms with Crippen LogP contribution in [0.2, 0.25) is 0 Å². The zero-order valence-electron chi connectivity index (χ0n) is 15.2. The lowest BCUT2D eigenvalue weighted by molar-refractivity contribution is 0.0526. The van der Waals surface area contributed by atoms with Crippen molar-refractivity contribution in [2.75, 3.05) is 11.9 Å². The van der Waals surface area contributed by atoms with Gasteiger partial charge in [-0.3, -0.25) is 0 Å². The first-order chi connectivity index (χ1) is 11.4. The zero-order valence-corrected chi connectivity index (χ0v) is 15.2. The third-order valence-corrected chi connectivity index (χ3v) is 4.02.